The van der Waals surface area contributed by atoms with E-state index in [-0.39, 0.29) is 17.9 Å². The number of aromatic nitrogens is 1. The number of amides is 2. The molecule has 4 rings (SSSR count). The van der Waals surface area contributed by atoms with E-state index in [4.69, 9.17) is 0 Å². The van der Waals surface area contributed by atoms with E-state index in [1.165, 1.54) is 0 Å². The summed E-state index contributed by atoms with van der Waals surface area (Å²) in [6.45, 7) is 4.00. The highest BCUT2D eigenvalue weighted by atomic mass is 32.2. The third kappa shape index (κ3) is 3.39. The maximum Gasteiger partial charge on any atom is 0.259 e. The van der Waals surface area contributed by atoms with Crippen molar-refractivity contribution < 1.29 is 9.59 Å². The minimum absolute atomic E-state index is 0.00887. The SMILES string of the molecule is CC(C)N1C(=O)c2ccccc2Sc2cc(NC(=O)c3ccncc3)ccc21. The fourth-order valence-corrected chi connectivity index (χ4v) is 4.29. The van der Waals surface area contributed by atoms with Crippen LogP contribution >= 0.6 is 11.8 Å². The summed E-state index contributed by atoms with van der Waals surface area (Å²) >= 11 is 1.54. The van der Waals surface area contributed by atoms with Gasteiger partial charge in [-0.1, -0.05) is 23.9 Å². The molecule has 1 aromatic heterocycles. The molecule has 0 bridgehead atoms. The van der Waals surface area contributed by atoms with Gasteiger partial charge in [0.05, 0.1) is 11.3 Å². The zero-order valence-corrected chi connectivity index (χ0v) is 16.4. The first-order valence-electron chi connectivity index (χ1n) is 9.00. The first-order valence-corrected chi connectivity index (χ1v) is 9.82. The van der Waals surface area contributed by atoms with Gasteiger partial charge in [0.2, 0.25) is 0 Å². The molecule has 0 radical (unpaired) electrons. The molecule has 0 saturated heterocycles. The van der Waals surface area contributed by atoms with Gasteiger partial charge in [0, 0.05) is 39.5 Å². The predicted molar refractivity (Wildman–Crippen MR) is 111 cm³/mol. The molecule has 140 valence electrons. The summed E-state index contributed by atoms with van der Waals surface area (Å²) in [4.78, 5) is 33.2. The average Bonchev–Trinajstić information content (AvgIpc) is 2.82. The zero-order chi connectivity index (χ0) is 19.7. The molecule has 0 fully saturated rings. The lowest BCUT2D eigenvalue weighted by Gasteiger charge is -2.27. The van der Waals surface area contributed by atoms with Gasteiger partial charge in [-0.25, -0.2) is 0 Å². The Hall–Kier alpha value is -3.12. The Balaban J connectivity index is 1.73. The van der Waals surface area contributed by atoms with E-state index in [1.54, 1.807) is 36.3 Å². The van der Waals surface area contributed by atoms with Crippen LogP contribution in [0.2, 0.25) is 0 Å². The van der Waals surface area contributed by atoms with Gasteiger partial charge in [0.15, 0.2) is 0 Å². The molecule has 2 amide bonds. The van der Waals surface area contributed by atoms with Crippen LogP contribution in [0.15, 0.2) is 76.8 Å². The fraction of sp³-hybridized carbons (Fsp3) is 0.136. The van der Waals surface area contributed by atoms with Gasteiger partial charge < -0.3 is 10.2 Å². The van der Waals surface area contributed by atoms with Crippen LogP contribution in [0, 0.1) is 0 Å². The monoisotopic (exact) mass is 389 g/mol. The number of benzene rings is 2. The van der Waals surface area contributed by atoms with Gasteiger partial charge in [0.25, 0.3) is 11.8 Å². The van der Waals surface area contributed by atoms with Crippen molar-refractivity contribution in [1.29, 1.82) is 0 Å². The van der Waals surface area contributed by atoms with Crippen LogP contribution in [0.3, 0.4) is 0 Å². The standard InChI is InChI=1S/C22H19N3O2S/c1-14(2)25-18-8-7-16(24-21(26)15-9-11-23-12-10-15)13-20(18)28-19-6-4-3-5-17(19)22(25)27/h3-14H,1-2H3,(H,24,26). The van der Waals surface area contributed by atoms with Crippen molar-refractivity contribution >= 4 is 35.0 Å². The molecule has 0 atom stereocenters. The number of anilines is 2. The molecule has 3 aromatic rings. The third-order valence-corrected chi connectivity index (χ3v) is 5.62. The molecular formula is C22H19N3O2S. The Morgan fingerprint density at radius 3 is 2.54 bits per heavy atom. The Kier molecular flexibility index (Phi) is 4.88. The minimum atomic E-state index is -0.196. The zero-order valence-electron chi connectivity index (χ0n) is 15.5. The quantitative estimate of drug-likeness (QED) is 0.695. The van der Waals surface area contributed by atoms with Crippen LogP contribution < -0.4 is 10.2 Å². The van der Waals surface area contributed by atoms with Gasteiger partial charge in [0.1, 0.15) is 0 Å². The maximum absolute atomic E-state index is 13.1. The highest BCUT2D eigenvalue weighted by molar-refractivity contribution is 7.99. The number of nitrogens with zero attached hydrogens (tertiary/aromatic N) is 2. The summed E-state index contributed by atoms with van der Waals surface area (Å²) in [5, 5.41) is 2.92. The lowest BCUT2D eigenvalue weighted by atomic mass is 10.1. The van der Waals surface area contributed by atoms with Crippen LogP contribution in [0.25, 0.3) is 0 Å². The number of carbonyl (C=O) groups is 2. The molecule has 0 spiro atoms. The van der Waals surface area contributed by atoms with Crippen LogP contribution in [-0.4, -0.2) is 22.8 Å². The fourth-order valence-electron chi connectivity index (χ4n) is 3.18. The van der Waals surface area contributed by atoms with Crippen LogP contribution in [0.1, 0.15) is 34.6 Å². The summed E-state index contributed by atoms with van der Waals surface area (Å²) in [5.74, 6) is -0.205. The lowest BCUT2D eigenvalue weighted by Crippen LogP contribution is -2.36. The normalized spacial score (nSPS) is 13.0. The Morgan fingerprint density at radius 1 is 1.04 bits per heavy atom. The van der Waals surface area contributed by atoms with Crippen molar-refractivity contribution in [3.8, 4) is 0 Å². The molecule has 6 heteroatoms. The summed E-state index contributed by atoms with van der Waals surface area (Å²) in [6.07, 6.45) is 3.18. The molecule has 0 aliphatic carbocycles. The van der Waals surface area contributed by atoms with Crippen molar-refractivity contribution in [2.75, 3.05) is 10.2 Å². The summed E-state index contributed by atoms with van der Waals surface area (Å²) in [6, 6.07) is 16.6. The molecule has 0 saturated carbocycles. The van der Waals surface area contributed by atoms with Gasteiger partial charge in [-0.3, -0.25) is 14.6 Å². The van der Waals surface area contributed by atoms with Gasteiger partial charge in [-0.2, -0.15) is 0 Å². The van der Waals surface area contributed by atoms with Crippen molar-refractivity contribution in [3.05, 3.63) is 78.1 Å². The maximum atomic E-state index is 13.1. The van der Waals surface area contributed by atoms with E-state index in [0.29, 0.717) is 16.8 Å². The highest BCUT2D eigenvalue weighted by Crippen LogP contribution is 2.43. The molecule has 1 N–H and O–H groups in total. The van der Waals surface area contributed by atoms with Gasteiger partial charge in [-0.05, 0) is 56.3 Å². The smallest absolute Gasteiger partial charge is 0.259 e. The van der Waals surface area contributed by atoms with Crippen molar-refractivity contribution in [1.82, 2.24) is 4.98 Å². The Labute approximate surface area is 167 Å². The molecule has 1 aliphatic rings. The van der Waals surface area contributed by atoms with E-state index in [0.717, 1.165) is 15.5 Å². The molecule has 5 nitrogen and oxygen atoms in total. The number of pyridine rings is 1. The van der Waals surface area contributed by atoms with Crippen LogP contribution in [-0.2, 0) is 0 Å². The summed E-state index contributed by atoms with van der Waals surface area (Å²) < 4.78 is 0. The summed E-state index contributed by atoms with van der Waals surface area (Å²) in [7, 11) is 0. The number of hydrogen-bond acceptors (Lipinski definition) is 4. The number of fused-ring (bicyclic) bond motifs is 2. The topological polar surface area (TPSA) is 62.3 Å². The van der Waals surface area contributed by atoms with Crippen molar-refractivity contribution in [2.45, 2.75) is 29.7 Å². The Bertz CT molecular complexity index is 1050. The van der Waals surface area contributed by atoms with E-state index < -0.39 is 0 Å². The highest BCUT2D eigenvalue weighted by Gasteiger charge is 2.29. The number of nitrogens with one attached hydrogen (secondary N) is 1. The van der Waals surface area contributed by atoms with Crippen LogP contribution in [0.5, 0.6) is 0 Å². The molecule has 28 heavy (non-hydrogen) atoms. The number of carbonyl (C=O) groups excluding carboxylic acids is 2. The molecule has 0 unspecified atom stereocenters. The molecule has 2 aromatic carbocycles. The van der Waals surface area contributed by atoms with E-state index in [9.17, 15) is 9.59 Å². The van der Waals surface area contributed by atoms with Gasteiger partial charge in [-0.15, -0.1) is 0 Å². The van der Waals surface area contributed by atoms with E-state index >= 15 is 0 Å². The van der Waals surface area contributed by atoms with Crippen molar-refractivity contribution in [3.63, 3.8) is 0 Å². The molecule has 2 heterocycles. The van der Waals surface area contributed by atoms with Crippen molar-refractivity contribution in [2.24, 2.45) is 0 Å². The molecular weight excluding hydrogens is 370 g/mol. The van der Waals surface area contributed by atoms with E-state index in [1.807, 2.05) is 61.2 Å². The third-order valence-electron chi connectivity index (χ3n) is 4.49. The Morgan fingerprint density at radius 2 is 1.79 bits per heavy atom. The second-order valence-electron chi connectivity index (χ2n) is 6.74. The largest absolute Gasteiger partial charge is 0.322 e. The lowest BCUT2D eigenvalue weighted by molar-refractivity contribution is 0.0976. The predicted octanol–water partition coefficient (Wildman–Crippen LogP) is 4.85. The first-order chi connectivity index (χ1) is 13.5. The average molecular weight is 389 g/mol. The molecule has 1 aliphatic heterocycles. The van der Waals surface area contributed by atoms with Crippen LogP contribution in [0.4, 0.5) is 11.4 Å². The second-order valence-corrected chi connectivity index (χ2v) is 7.82. The van der Waals surface area contributed by atoms with Gasteiger partial charge >= 0.3 is 0 Å². The number of hydrogen-bond donors (Lipinski definition) is 1. The number of rotatable bonds is 3. The summed E-state index contributed by atoms with van der Waals surface area (Å²) in [5.41, 5.74) is 2.77. The first kappa shape index (κ1) is 18.3. The minimum Gasteiger partial charge on any atom is -0.322 e. The second kappa shape index (κ2) is 7.48. The van der Waals surface area contributed by atoms with E-state index in [2.05, 4.69) is 10.3 Å².